The number of anilines is 1. The van der Waals surface area contributed by atoms with Gasteiger partial charge in [-0.25, -0.2) is 4.79 Å². The third-order valence-corrected chi connectivity index (χ3v) is 6.41. The monoisotopic (exact) mass is 431 g/mol. The Hall–Kier alpha value is -3.99. The molecular weight excluding hydrogens is 410 g/mol. The molecule has 0 bridgehead atoms. The van der Waals surface area contributed by atoms with Gasteiger partial charge in [-0.2, -0.15) is 5.26 Å². The van der Waals surface area contributed by atoms with Crippen molar-refractivity contribution in [2.45, 2.75) is 38.6 Å². The number of nitriles is 1. The highest BCUT2D eigenvalue weighted by molar-refractivity contribution is 6.18. The number of carbonyl (C=O) groups is 1. The number of rotatable bonds is 1. The summed E-state index contributed by atoms with van der Waals surface area (Å²) in [5, 5.41) is 10.1. The van der Waals surface area contributed by atoms with E-state index in [1.165, 1.54) is 13.2 Å². The van der Waals surface area contributed by atoms with E-state index in [2.05, 4.69) is 0 Å². The van der Waals surface area contributed by atoms with Crippen LogP contribution in [0.4, 0.5) is 5.69 Å². The molecule has 1 aromatic carbocycles. The van der Waals surface area contributed by atoms with Crippen LogP contribution in [-0.2, 0) is 10.2 Å². The third-order valence-electron chi connectivity index (χ3n) is 6.41. The van der Waals surface area contributed by atoms with Crippen LogP contribution in [0.2, 0.25) is 0 Å². The zero-order valence-corrected chi connectivity index (χ0v) is 18.3. The second-order valence-electron chi connectivity index (χ2n) is 8.78. The average Bonchev–Trinajstić information content (AvgIpc) is 2.95. The molecule has 0 saturated heterocycles. The number of hydrogen-bond acceptors (Lipinski definition) is 7. The van der Waals surface area contributed by atoms with E-state index in [4.69, 9.17) is 19.6 Å². The zero-order valence-electron chi connectivity index (χ0n) is 18.3. The SMILES string of the molecule is COc1cc2c3c(c1)C1(C(=O)N3C(C)(C)C=C2C)C(C#N)=C(N)Oc2cc(C)oc(=O)c21. The summed E-state index contributed by atoms with van der Waals surface area (Å²) in [5.41, 5.74) is 5.47. The number of carbonyl (C=O) groups excluding carboxylic acids is 1. The van der Waals surface area contributed by atoms with Gasteiger partial charge < -0.3 is 24.5 Å². The smallest absolute Gasteiger partial charge is 0.344 e. The van der Waals surface area contributed by atoms with E-state index >= 15 is 0 Å². The molecule has 3 aliphatic rings. The van der Waals surface area contributed by atoms with Crippen LogP contribution in [0.5, 0.6) is 11.5 Å². The lowest BCUT2D eigenvalue weighted by molar-refractivity contribution is -0.121. The molecule has 5 rings (SSSR count). The van der Waals surface area contributed by atoms with Crippen LogP contribution in [0.25, 0.3) is 5.57 Å². The van der Waals surface area contributed by atoms with Crippen molar-refractivity contribution in [1.29, 1.82) is 5.26 Å². The molecule has 4 heterocycles. The fraction of sp³-hybridized carbons (Fsp3) is 0.292. The Bertz CT molecular complexity index is 1410. The standard InChI is InChI=1S/C24H21N3O5/c1-11-9-23(3,4)27-19-14(11)7-13(30-5)8-15(19)24(22(27)29)16(10-25)20(26)32-17-6-12(2)31-21(28)18(17)24/h6-9H,26H2,1-5H3. The lowest BCUT2D eigenvalue weighted by atomic mass is 9.69. The van der Waals surface area contributed by atoms with Gasteiger partial charge in [-0.15, -0.1) is 0 Å². The summed E-state index contributed by atoms with van der Waals surface area (Å²) in [6.07, 6.45) is 1.98. The Labute approximate surface area is 184 Å². The second kappa shape index (κ2) is 6.04. The molecule has 1 atom stereocenters. The maximum absolute atomic E-state index is 14.4. The summed E-state index contributed by atoms with van der Waals surface area (Å²) < 4.78 is 16.5. The number of allylic oxidation sites excluding steroid dienone is 1. The predicted octanol–water partition coefficient (Wildman–Crippen LogP) is 2.87. The highest BCUT2D eigenvalue weighted by atomic mass is 16.5. The van der Waals surface area contributed by atoms with Crippen molar-refractivity contribution in [1.82, 2.24) is 0 Å². The first kappa shape index (κ1) is 19.9. The van der Waals surface area contributed by atoms with E-state index in [-0.39, 0.29) is 22.8 Å². The van der Waals surface area contributed by atoms with Gasteiger partial charge in [-0.05, 0) is 45.4 Å². The highest BCUT2D eigenvalue weighted by Gasteiger charge is 2.64. The maximum atomic E-state index is 14.4. The molecule has 1 aromatic heterocycles. The minimum Gasteiger partial charge on any atom is -0.497 e. The van der Waals surface area contributed by atoms with E-state index in [0.717, 1.165) is 11.1 Å². The first-order chi connectivity index (χ1) is 15.1. The van der Waals surface area contributed by atoms with Crippen LogP contribution in [0.15, 0.2) is 44.9 Å². The molecule has 8 heteroatoms. The van der Waals surface area contributed by atoms with Crippen LogP contribution in [0.1, 0.15) is 43.2 Å². The molecule has 0 fully saturated rings. The minimum absolute atomic E-state index is 0.0582. The molecule has 162 valence electrons. The summed E-state index contributed by atoms with van der Waals surface area (Å²) in [5.74, 6) is 0.199. The Morgan fingerprint density at radius 2 is 1.91 bits per heavy atom. The summed E-state index contributed by atoms with van der Waals surface area (Å²) >= 11 is 0. The van der Waals surface area contributed by atoms with Crippen LogP contribution in [0.3, 0.4) is 0 Å². The number of hydrogen-bond donors (Lipinski definition) is 1. The Morgan fingerprint density at radius 1 is 1.19 bits per heavy atom. The first-order valence-electron chi connectivity index (χ1n) is 10.1. The number of benzene rings is 1. The summed E-state index contributed by atoms with van der Waals surface area (Å²) in [6, 6.07) is 7.08. The Balaban J connectivity index is 2.03. The van der Waals surface area contributed by atoms with E-state index in [0.29, 0.717) is 22.8 Å². The minimum atomic E-state index is -1.81. The number of ether oxygens (including phenoxy) is 2. The summed E-state index contributed by atoms with van der Waals surface area (Å²) in [6.45, 7) is 7.36. The number of methoxy groups -OCH3 is 1. The second-order valence-corrected chi connectivity index (χ2v) is 8.78. The molecule has 2 aromatic rings. The number of fused-ring (bicyclic) bond motifs is 3. The lowest BCUT2D eigenvalue weighted by Crippen LogP contribution is -2.54. The molecule has 8 nitrogen and oxygen atoms in total. The zero-order chi connectivity index (χ0) is 23.2. The molecule has 2 N–H and O–H groups in total. The van der Waals surface area contributed by atoms with Crippen molar-refractivity contribution >= 4 is 17.2 Å². The van der Waals surface area contributed by atoms with E-state index in [9.17, 15) is 14.9 Å². The molecule has 1 unspecified atom stereocenters. The summed E-state index contributed by atoms with van der Waals surface area (Å²) in [4.78, 5) is 29.2. The van der Waals surface area contributed by atoms with Gasteiger partial charge in [0.1, 0.15) is 34.5 Å². The largest absolute Gasteiger partial charge is 0.497 e. The van der Waals surface area contributed by atoms with Crippen molar-refractivity contribution in [3.8, 4) is 17.6 Å². The van der Waals surface area contributed by atoms with Crippen molar-refractivity contribution in [3.05, 3.63) is 68.6 Å². The fourth-order valence-electron chi connectivity index (χ4n) is 5.26. The van der Waals surface area contributed by atoms with Crippen molar-refractivity contribution in [2.24, 2.45) is 5.73 Å². The van der Waals surface area contributed by atoms with Crippen molar-refractivity contribution in [2.75, 3.05) is 12.0 Å². The van der Waals surface area contributed by atoms with Crippen molar-refractivity contribution in [3.63, 3.8) is 0 Å². The highest BCUT2D eigenvalue weighted by Crippen LogP contribution is 2.59. The molecule has 0 radical (unpaired) electrons. The molecule has 0 saturated carbocycles. The average molecular weight is 431 g/mol. The van der Waals surface area contributed by atoms with Crippen molar-refractivity contribution < 1.29 is 18.7 Å². The van der Waals surface area contributed by atoms with Gasteiger partial charge in [0.25, 0.3) is 0 Å². The van der Waals surface area contributed by atoms with E-state index < -0.39 is 22.5 Å². The molecule has 3 aliphatic heterocycles. The number of amides is 1. The molecule has 32 heavy (non-hydrogen) atoms. The first-order valence-corrected chi connectivity index (χ1v) is 10.1. The Morgan fingerprint density at radius 3 is 2.56 bits per heavy atom. The molecular formula is C24H21N3O5. The number of nitrogens with two attached hydrogens (primary N) is 1. The van der Waals surface area contributed by atoms with Crippen LogP contribution < -0.4 is 25.7 Å². The Kier molecular flexibility index (Phi) is 3.76. The predicted molar refractivity (Wildman–Crippen MR) is 116 cm³/mol. The van der Waals surface area contributed by atoms with Gasteiger partial charge in [0, 0.05) is 17.2 Å². The van der Waals surface area contributed by atoms with Gasteiger partial charge in [-0.1, -0.05) is 6.08 Å². The fourth-order valence-corrected chi connectivity index (χ4v) is 5.26. The van der Waals surface area contributed by atoms with Crippen LogP contribution >= 0.6 is 0 Å². The van der Waals surface area contributed by atoms with Crippen LogP contribution in [-0.4, -0.2) is 18.6 Å². The van der Waals surface area contributed by atoms with Crippen LogP contribution in [0, 0.1) is 18.3 Å². The number of nitrogens with zero attached hydrogens (tertiary/aromatic N) is 2. The third kappa shape index (κ3) is 2.15. The van der Waals surface area contributed by atoms with Gasteiger partial charge in [0.15, 0.2) is 5.41 Å². The lowest BCUT2D eigenvalue weighted by Gasteiger charge is -2.40. The van der Waals surface area contributed by atoms with E-state index in [1.54, 1.807) is 17.9 Å². The molecule has 0 aliphatic carbocycles. The normalized spacial score (nSPS) is 22.2. The van der Waals surface area contributed by atoms with Gasteiger partial charge in [-0.3, -0.25) is 4.79 Å². The van der Waals surface area contributed by atoms with E-state index in [1.807, 2.05) is 39.0 Å². The van der Waals surface area contributed by atoms with Gasteiger partial charge in [0.05, 0.1) is 18.3 Å². The number of aryl methyl sites for hydroxylation is 1. The quantitative estimate of drug-likeness (QED) is 0.737. The van der Waals surface area contributed by atoms with Gasteiger partial charge in [0.2, 0.25) is 11.8 Å². The molecule has 1 spiro atoms. The topological polar surface area (TPSA) is 119 Å². The molecule has 1 amide bonds. The maximum Gasteiger partial charge on any atom is 0.344 e. The summed E-state index contributed by atoms with van der Waals surface area (Å²) in [7, 11) is 1.52. The van der Waals surface area contributed by atoms with Gasteiger partial charge >= 0.3 is 5.63 Å².